The molecule has 1 aromatic carbocycles. The lowest BCUT2D eigenvalue weighted by atomic mass is 10.2. The quantitative estimate of drug-likeness (QED) is 0.693. The Balaban J connectivity index is 1.85. The van der Waals surface area contributed by atoms with Gasteiger partial charge in [0.1, 0.15) is 12.4 Å². The van der Waals surface area contributed by atoms with Crippen LogP contribution in [-0.2, 0) is 12.5 Å². The Morgan fingerprint density at radius 2 is 2.24 bits per heavy atom. The molecule has 2 aromatic heterocycles. The molecule has 0 radical (unpaired) electrons. The van der Waals surface area contributed by atoms with E-state index in [0.717, 1.165) is 11.3 Å². The summed E-state index contributed by atoms with van der Waals surface area (Å²) >= 11 is 7.03. The Labute approximate surface area is 129 Å². The molecule has 0 atom stereocenters. The summed E-state index contributed by atoms with van der Waals surface area (Å²) < 4.78 is 6.95. The number of rotatable bonds is 4. The Morgan fingerprint density at radius 1 is 1.38 bits per heavy atom. The van der Waals surface area contributed by atoms with Gasteiger partial charge in [-0.3, -0.25) is 4.79 Å². The highest BCUT2D eigenvalue weighted by Crippen LogP contribution is 2.17. The summed E-state index contributed by atoms with van der Waals surface area (Å²) in [4.78, 5) is 16.7. The van der Waals surface area contributed by atoms with E-state index < -0.39 is 0 Å². The monoisotopic (exact) mass is 321 g/mol. The third kappa shape index (κ3) is 3.06. The fourth-order valence-corrected chi connectivity index (χ4v) is 2.84. The number of nitrogens with zero attached hydrogens (tertiary/aromatic N) is 3. The highest BCUT2D eigenvalue weighted by atomic mass is 35.5. The smallest absolute Gasteiger partial charge is 0.275 e. The number of hydrogen-bond donors (Lipinski definition) is 0. The lowest BCUT2D eigenvalue weighted by Gasteiger charge is -2.03. The molecule has 108 valence electrons. The van der Waals surface area contributed by atoms with Crippen LogP contribution in [0.2, 0.25) is 0 Å². The molecule has 5 nitrogen and oxygen atoms in total. The number of alkyl halides is 1. The van der Waals surface area contributed by atoms with Gasteiger partial charge in [-0.2, -0.15) is 9.61 Å². The van der Waals surface area contributed by atoms with Crippen LogP contribution in [0, 0.1) is 6.92 Å². The zero-order valence-electron chi connectivity index (χ0n) is 11.2. The predicted molar refractivity (Wildman–Crippen MR) is 82.2 cm³/mol. The van der Waals surface area contributed by atoms with Crippen molar-refractivity contribution in [2.45, 2.75) is 19.4 Å². The Kier molecular flexibility index (Phi) is 3.90. The van der Waals surface area contributed by atoms with Crippen LogP contribution < -0.4 is 10.3 Å². The third-order valence-corrected chi connectivity index (χ3v) is 3.98. The zero-order chi connectivity index (χ0) is 14.8. The third-order valence-electron chi connectivity index (χ3n) is 2.83. The number of hydrogen-bond acceptors (Lipinski definition) is 5. The van der Waals surface area contributed by atoms with Crippen LogP contribution in [0.15, 0.2) is 35.1 Å². The van der Waals surface area contributed by atoms with Crippen LogP contribution >= 0.6 is 22.9 Å². The molecular weight excluding hydrogens is 310 g/mol. The molecule has 3 aromatic rings. The molecule has 0 fully saturated rings. The first-order chi connectivity index (χ1) is 10.2. The van der Waals surface area contributed by atoms with Crippen LogP contribution in [0.5, 0.6) is 5.75 Å². The standard InChI is InChI=1S/C14H12ClN3O2S/c1-9-3-2-4-11(5-9)20-8-12-17-18-13(19)6-10(7-15)16-14(18)21-12/h2-6H,7-8H2,1H3. The average molecular weight is 322 g/mol. The molecule has 7 heteroatoms. The molecule has 0 unspecified atom stereocenters. The zero-order valence-corrected chi connectivity index (χ0v) is 12.8. The van der Waals surface area contributed by atoms with Crippen molar-refractivity contribution < 1.29 is 4.74 Å². The molecule has 0 amide bonds. The van der Waals surface area contributed by atoms with Crippen LogP contribution in [0.4, 0.5) is 0 Å². The van der Waals surface area contributed by atoms with Gasteiger partial charge in [0, 0.05) is 6.07 Å². The second-order valence-electron chi connectivity index (χ2n) is 4.51. The number of aryl methyl sites for hydroxylation is 1. The maximum absolute atomic E-state index is 11.9. The lowest BCUT2D eigenvalue weighted by molar-refractivity contribution is 0.304. The summed E-state index contributed by atoms with van der Waals surface area (Å²) in [6, 6.07) is 9.16. The molecule has 0 aliphatic carbocycles. The van der Waals surface area contributed by atoms with E-state index in [0.29, 0.717) is 22.3 Å². The van der Waals surface area contributed by atoms with Gasteiger partial charge in [0.2, 0.25) is 4.96 Å². The van der Waals surface area contributed by atoms with Gasteiger partial charge in [-0.1, -0.05) is 23.5 Å². The predicted octanol–water partition coefficient (Wildman–Crippen LogP) is 2.78. The van der Waals surface area contributed by atoms with E-state index in [-0.39, 0.29) is 11.4 Å². The number of benzene rings is 1. The maximum Gasteiger partial charge on any atom is 0.275 e. The largest absolute Gasteiger partial charge is 0.486 e. The fraction of sp³-hybridized carbons (Fsp3) is 0.214. The van der Waals surface area contributed by atoms with Gasteiger partial charge in [0.15, 0.2) is 5.01 Å². The van der Waals surface area contributed by atoms with Gasteiger partial charge < -0.3 is 4.74 Å². The number of ether oxygens (including phenoxy) is 1. The van der Waals surface area contributed by atoms with Gasteiger partial charge in [-0.25, -0.2) is 4.98 Å². The number of fused-ring (bicyclic) bond motifs is 1. The molecular formula is C14H12ClN3O2S. The molecule has 0 N–H and O–H groups in total. The first-order valence-corrected chi connectivity index (χ1v) is 7.65. The summed E-state index contributed by atoms with van der Waals surface area (Å²) in [5, 5.41) is 4.91. The van der Waals surface area contributed by atoms with E-state index in [2.05, 4.69) is 10.1 Å². The van der Waals surface area contributed by atoms with E-state index >= 15 is 0 Å². The van der Waals surface area contributed by atoms with Crippen LogP contribution in [0.3, 0.4) is 0 Å². The number of halogens is 1. The van der Waals surface area contributed by atoms with Crippen molar-refractivity contribution >= 4 is 27.9 Å². The fourth-order valence-electron chi connectivity index (χ4n) is 1.87. The average Bonchev–Trinajstić information content (AvgIpc) is 2.89. The minimum Gasteiger partial charge on any atom is -0.486 e. The normalized spacial score (nSPS) is 11.0. The highest BCUT2D eigenvalue weighted by Gasteiger charge is 2.09. The molecule has 0 saturated carbocycles. The second-order valence-corrected chi connectivity index (χ2v) is 5.82. The summed E-state index contributed by atoms with van der Waals surface area (Å²) in [6.07, 6.45) is 0. The van der Waals surface area contributed by atoms with Crippen molar-refractivity contribution in [2.75, 3.05) is 0 Å². The van der Waals surface area contributed by atoms with Crippen molar-refractivity contribution in [3.05, 3.63) is 57.0 Å². The van der Waals surface area contributed by atoms with E-state index in [4.69, 9.17) is 16.3 Å². The first-order valence-electron chi connectivity index (χ1n) is 6.30. The first kappa shape index (κ1) is 14.0. The van der Waals surface area contributed by atoms with Gasteiger partial charge >= 0.3 is 0 Å². The van der Waals surface area contributed by atoms with Gasteiger partial charge in [0.05, 0.1) is 11.6 Å². The van der Waals surface area contributed by atoms with Crippen molar-refractivity contribution in [1.29, 1.82) is 0 Å². The van der Waals surface area contributed by atoms with Crippen molar-refractivity contribution in [1.82, 2.24) is 14.6 Å². The minimum atomic E-state index is -0.228. The summed E-state index contributed by atoms with van der Waals surface area (Å²) in [5.74, 6) is 0.981. The summed E-state index contributed by atoms with van der Waals surface area (Å²) in [6.45, 7) is 2.30. The lowest BCUT2D eigenvalue weighted by Crippen LogP contribution is -2.15. The van der Waals surface area contributed by atoms with Crippen molar-refractivity contribution in [3.63, 3.8) is 0 Å². The SMILES string of the molecule is Cc1cccc(OCc2nn3c(=O)cc(CCl)nc3s2)c1. The van der Waals surface area contributed by atoms with E-state index in [1.54, 1.807) is 0 Å². The van der Waals surface area contributed by atoms with E-state index in [1.165, 1.54) is 21.9 Å². The topological polar surface area (TPSA) is 56.5 Å². The van der Waals surface area contributed by atoms with Crippen molar-refractivity contribution in [3.8, 4) is 5.75 Å². The summed E-state index contributed by atoms with van der Waals surface area (Å²) in [5.41, 5.74) is 1.45. The number of aromatic nitrogens is 3. The van der Waals surface area contributed by atoms with Gasteiger partial charge in [0.25, 0.3) is 5.56 Å². The van der Waals surface area contributed by atoms with Gasteiger partial charge in [-0.05, 0) is 24.6 Å². The van der Waals surface area contributed by atoms with E-state index in [9.17, 15) is 4.79 Å². The minimum absolute atomic E-state index is 0.207. The molecule has 0 spiro atoms. The van der Waals surface area contributed by atoms with Crippen LogP contribution in [-0.4, -0.2) is 14.6 Å². The molecule has 3 rings (SSSR count). The Bertz CT molecular complexity index is 844. The van der Waals surface area contributed by atoms with Crippen LogP contribution in [0.1, 0.15) is 16.3 Å². The molecule has 2 heterocycles. The summed E-state index contributed by atoms with van der Waals surface area (Å²) in [7, 11) is 0. The van der Waals surface area contributed by atoms with Crippen molar-refractivity contribution in [2.24, 2.45) is 0 Å². The molecule has 0 aliphatic rings. The maximum atomic E-state index is 11.9. The Hall–Kier alpha value is -1.92. The molecule has 21 heavy (non-hydrogen) atoms. The molecule has 0 aliphatic heterocycles. The van der Waals surface area contributed by atoms with E-state index in [1.807, 2.05) is 31.2 Å². The Morgan fingerprint density at radius 3 is 3.00 bits per heavy atom. The molecule has 0 saturated heterocycles. The second kappa shape index (κ2) is 5.83. The van der Waals surface area contributed by atoms with Crippen LogP contribution in [0.25, 0.3) is 4.96 Å². The highest BCUT2D eigenvalue weighted by molar-refractivity contribution is 7.16. The molecule has 0 bridgehead atoms. The van der Waals surface area contributed by atoms with Gasteiger partial charge in [-0.15, -0.1) is 11.6 Å².